The first-order valence-electron chi connectivity index (χ1n) is 5.61. The number of aliphatic carboxylic acids is 1. The predicted molar refractivity (Wildman–Crippen MR) is 60.9 cm³/mol. The van der Waals surface area contributed by atoms with Crippen LogP contribution in [0.25, 0.3) is 0 Å². The van der Waals surface area contributed by atoms with Crippen molar-refractivity contribution in [2.45, 2.75) is 18.8 Å². The van der Waals surface area contributed by atoms with Crippen LogP contribution in [0.2, 0.25) is 0 Å². The Morgan fingerprint density at radius 3 is 2.22 bits per heavy atom. The summed E-state index contributed by atoms with van der Waals surface area (Å²) in [6, 6.07) is 0. The number of carbonyl (C=O) groups is 1. The van der Waals surface area contributed by atoms with Gasteiger partial charge >= 0.3 is 5.97 Å². The Hall–Kier alpha value is -0.770. The second kappa shape index (κ2) is 11.3. The molecule has 8 heteroatoms. The van der Waals surface area contributed by atoms with Gasteiger partial charge in [-0.3, -0.25) is 4.79 Å². The lowest BCUT2D eigenvalue weighted by Gasteiger charge is -2.17. The Balaban J connectivity index is 3.34. The molecular formula is C10H21NO7. The van der Waals surface area contributed by atoms with Crippen molar-refractivity contribution in [1.82, 2.24) is 0 Å². The van der Waals surface area contributed by atoms with Crippen molar-refractivity contribution in [2.24, 2.45) is 5.73 Å². The molecule has 0 aliphatic heterocycles. The number of aliphatic hydroxyl groups excluding tert-OH is 2. The van der Waals surface area contributed by atoms with Gasteiger partial charge in [-0.15, -0.1) is 0 Å². The highest BCUT2D eigenvalue weighted by Crippen LogP contribution is 1.98. The Labute approximate surface area is 105 Å². The molecule has 0 rings (SSSR count). The summed E-state index contributed by atoms with van der Waals surface area (Å²) in [5.74, 6) is -1.14. The van der Waals surface area contributed by atoms with Gasteiger partial charge in [0.05, 0.1) is 46.1 Å². The zero-order valence-corrected chi connectivity index (χ0v) is 10.2. The van der Waals surface area contributed by atoms with Gasteiger partial charge in [0.15, 0.2) is 0 Å². The molecule has 0 spiro atoms. The second-order valence-corrected chi connectivity index (χ2v) is 3.45. The molecule has 0 aromatic rings. The first-order valence-corrected chi connectivity index (χ1v) is 5.61. The van der Waals surface area contributed by atoms with Gasteiger partial charge in [-0.05, 0) is 0 Å². The second-order valence-electron chi connectivity index (χ2n) is 3.45. The van der Waals surface area contributed by atoms with E-state index in [9.17, 15) is 9.90 Å². The summed E-state index contributed by atoms with van der Waals surface area (Å²) in [4.78, 5) is 10.3. The average Bonchev–Trinajstić information content (AvgIpc) is 2.31. The molecule has 0 saturated carbocycles. The van der Waals surface area contributed by atoms with Crippen molar-refractivity contribution >= 4 is 5.97 Å². The minimum Gasteiger partial charge on any atom is -0.481 e. The number of aliphatic hydroxyl groups is 2. The molecule has 0 amide bonds. The number of carboxylic acid groups (broad SMARTS) is 1. The normalized spacial score (nSPS) is 14.4. The third-order valence-corrected chi connectivity index (χ3v) is 1.91. The summed E-state index contributed by atoms with van der Waals surface area (Å²) in [7, 11) is 0. The van der Waals surface area contributed by atoms with Crippen molar-refractivity contribution in [2.75, 3.05) is 39.6 Å². The number of ether oxygens (including phenoxy) is 3. The van der Waals surface area contributed by atoms with Crippen molar-refractivity contribution < 1.29 is 34.3 Å². The maximum Gasteiger partial charge on any atom is 0.306 e. The van der Waals surface area contributed by atoms with E-state index >= 15 is 0 Å². The molecule has 18 heavy (non-hydrogen) atoms. The molecule has 108 valence electrons. The maximum atomic E-state index is 10.3. The summed E-state index contributed by atoms with van der Waals surface area (Å²) in [6.07, 6.45) is -2.75. The summed E-state index contributed by atoms with van der Waals surface area (Å²) in [5.41, 5.74) is 5.40. The predicted octanol–water partition coefficient (Wildman–Crippen LogP) is -1.85. The highest BCUT2D eigenvalue weighted by molar-refractivity contribution is 5.67. The monoisotopic (exact) mass is 267 g/mol. The van der Waals surface area contributed by atoms with Crippen LogP contribution < -0.4 is 5.73 Å². The summed E-state index contributed by atoms with van der Waals surface area (Å²) < 4.78 is 15.0. The third-order valence-electron chi connectivity index (χ3n) is 1.91. The van der Waals surface area contributed by atoms with Crippen molar-refractivity contribution in [3.8, 4) is 0 Å². The van der Waals surface area contributed by atoms with Crippen LogP contribution in [0.4, 0.5) is 0 Å². The number of nitrogens with two attached hydrogens (primary N) is 1. The van der Waals surface area contributed by atoms with Crippen LogP contribution in [0.3, 0.4) is 0 Å². The van der Waals surface area contributed by atoms with Crippen LogP contribution in [0.5, 0.6) is 0 Å². The summed E-state index contributed by atoms with van der Waals surface area (Å²) in [6.45, 7) is 1.38. The van der Waals surface area contributed by atoms with Gasteiger partial charge in [-0.1, -0.05) is 0 Å². The largest absolute Gasteiger partial charge is 0.481 e. The summed E-state index contributed by atoms with van der Waals surface area (Å²) >= 11 is 0. The summed E-state index contributed by atoms with van der Waals surface area (Å²) in [5, 5.41) is 26.1. The van der Waals surface area contributed by atoms with Gasteiger partial charge in [0.2, 0.25) is 0 Å². The third kappa shape index (κ3) is 10.4. The van der Waals surface area contributed by atoms with E-state index in [0.29, 0.717) is 13.2 Å². The first kappa shape index (κ1) is 17.2. The van der Waals surface area contributed by atoms with E-state index in [2.05, 4.69) is 0 Å². The lowest BCUT2D eigenvalue weighted by molar-refractivity contribution is -0.142. The van der Waals surface area contributed by atoms with Gasteiger partial charge in [0.1, 0.15) is 12.3 Å². The Morgan fingerprint density at radius 2 is 1.67 bits per heavy atom. The topological polar surface area (TPSA) is 131 Å². The van der Waals surface area contributed by atoms with Crippen molar-refractivity contribution in [3.05, 3.63) is 0 Å². The van der Waals surface area contributed by atoms with E-state index in [1.165, 1.54) is 0 Å². The molecule has 0 bridgehead atoms. The Morgan fingerprint density at radius 1 is 1.11 bits per heavy atom. The fraction of sp³-hybridized carbons (Fsp3) is 0.900. The minimum absolute atomic E-state index is 0.0283. The van der Waals surface area contributed by atoms with Gasteiger partial charge in [-0.25, -0.2) is 0 Å². The lowest BCUT2D eigenvalue weighted by atomic mass is 10.2. The zero-order valence-electron chi connectivity index (χ0n) is 10.2. The number of carboxylic acids is 1. The molecule has 0 fully saturated rings. The molecule has 8 nitrogen and oxygen atoms in total. The van der Waals surface area contributed by atoms with E-state index in [1.807, 2.05) is 0 Å². The number of hydrogen-bond acceptors (Lipinski definition) is 7. The lowest BCUT2D eigenvalue weighted by Crippen LogP contribution is -2.39. The van der Waals surface area contributed by atoms with Gasteiger partial charge < -0.3 is 35.3 Å². The molecular weight excluding hydrogens is 246 g/mol. The molecule has 0 heterocycles. The average molecular weight is 267 g/mol. The standard InChI is InChI=1S/C10H21NO7/c11-10(8(13)7-9(14)15)18-6-5-17-4-3-16-2-1-12/h8,10,12-13H,1-7,11H2,(H,14,15). The van der Waals surface area contributed by atoms with Crippen molar-refractivity contribution in [1.29, 1.82) is 0 Å². The molecule has 0 aromatic heterocycles. The van der Waals surface area contributed by atoms with E-state index in [0.717, 1.165) is 0 Å². The Bertz CT molecular complexity index is 214. The van der Waals surface area contributed by atoms with Crippen LogP contribution >= 0.6 is 0 Å². The SMILES string of the molecule is NC(OCCOCCOCCO)C(O)CC(=O)O. The molecule has 0 saturated heterocycles. The van der Waals surface area contributed by atoms with Gasteiger partial charge in [0, 0.05) is 0 Å². The van der Waals surface area contributed by atoms with Crippen LogP contribution in [0.1, 0.15) is 6.42 Å². The quantitative estimate of drug-likeness (QED) is 0.239. The van der Waals surface area contributed by atoms with Crippen LogP contribution in [-0.2, 0) is 19.0 Å². The molecule has 0 aliphatic carbocycles. The number of hydrogen-bond donors (Lipinski definition) is 4. The molecule has 0 aromatic carbocycles. The number of rotatable bonds is 12. The Kier molecular flexibility index (Phi) is 10.8. The fourth-order valence-corrected chi connectivity index (χ4v) is 1.04. The molecule has 0 aliphatic rings. The highest BCUT2D eigenvalue weighted by Gasteiger charge is 2.18. The first-order chi connectivity index (χ1) is 8.57. The van der Waals surface area contributed by atoms with Crippen LogP contribution in [0, 0.1) is 0 Å². The van der Waals surface area contributed by atoms with Crippen LogP contribution in [0.15, 0.2) is 0 Å². The van der Waals surface area contributed by atoms with Crippen LogP contribution in [-0.4, -0.2) is 73.3 Å². The minimum atomic E-state index is -1.24. The van der Waals surface area contributed by atoms with Crippen molar-refractivity contribution in [3.63, 3.8) is 0 Å². The van der Waals surface area contributed by atoms with E-state index in [4.69, 9.17) is 30.2 Å². The fourth-order valence-electron chi connectivity index (χ4n) is 1.04. The molecule has 5 N–H and O–H groups in total. The highest BCUT2D eigenvalue weighted by atomic mass is 16.6. The molecule has 0 radical (unpaired) electrons. The van der Waals surface area contributed by atoms with E-state index in [-0.39, 0.29) is 26.4 Å². The van der Waals surface area contributed by atoms with E-state index in [1.54, 1.807) is 0 Å². The van der Waals surface area contributed by atoms with E-state index < -0.39 is 24.7 Å². The smallest absolute Gasteiger partial charge is 0.306 e. The zero-order chi connectivity index (χ0) is 13.8. The molecule has 2 unspecified atom stereocenters. The maximum absolute atomic E-state index is 10.3. The molecule has 2 atom stereocenters. The van der Waals surface area contributed by atoms with Gasteiger partial charge in [0.25, 0.3) is 0 Å². The van der Waals surface area contributed by atoms with Gasteiger partial charge in [-0.2, -0.15) is 0 Å².